The Morgan fingerprint density at radius 3 is 1.12 bits per heavy atom. The Kier molecular flexibility index (Phi) is 32.0. The van der Waals surface area contributed by atoms with E-state index in [0.29, 0.717) is 51.6 Å². The lowest BCUT2D eigenvalue weighted by Gasteiger charge is -2.20. The van der Waals surface area contributed by atoms with Gasteiger partial charge in [0.05, 0.1) is 78.4 Å². The van der Waals surface area contributed by atoms with Crippen LogP contribution in [0.3, 0.4) is 0 Å². The van der Waals surface area contributed by atoms with Crippen LogP contribution in [0.25, 0.3) is 33.5 Å². The number of carbonyl (C=O) groups excluding carboxylic acids is 3. The number of hydrogen-bond acceptors (Lipinski definition) is 30. The van der Waals surface area contributed by atoms with Crippen LogP contribution in [0.4, 0.5) is 31.0 Å². The zero-order chi connectivity index (χ0) is 74.7. The lowest BCUT2D eigenvalue weighted by atomic mass is 10.00. The molecule has 6 aromatic heterocycles. The molecule has 9 aromatic rings. The summed E-state index contributed by atoms with van der Waals surface area (Å²) in [7, 11) is -11.2. The van der Waals surface area contributed by atoms with Crippen molar-refractivity contribution in [2.75, 3.05) is 93.1 Å². The molecule has 3 atom stereocenters. The number of anilines is 3. The number of aromatic nitrogens is 12. The second-order valence-electron chi connectivity index (χ2n) is 22.6. The molecule has 0 spiro atoms. The molecule has 0 bridgehead atoms. The first-order chi connectivity index (χ1) is 49.0. The molecule has 0 aliphatic rings. The molecule has 0 saturated carbocycles. The van der Waals surface area contributed by atoms with Gasteiger partial charge in [-0.15, -0.1) is 0 Å². The smallest absolute Gasteiger partial charge is 0.356 e. The molecule has 0 aliphatic carbocycles. The molecule has 103 heavy (non-hydrogen) atoms. The third-order valence-electron chi connectivity index (χ3n) is 13.4. The van der Waals surface area contributed by atoms with Gasteiger partial charge in [-0.25, -0.2) is 28.1 Å². The number of aromatic amines is 3. The largest absolute Gasteiger partial charge is 0.369 e. The number of nitrogens with two attached hydrogens (primary N) is 3. The van der Waals surface area contributed by atoms with Gasteiger partial charge in [-0.2, -0.15) is 15.0 Å². The zero-order valence-corrected chi connectivity index (χ0v) is 61.5. The monoisotopic (exact) mass is 1550 g/mol. The number of benzene rings is 3. The van der Waals surface area contributed by atoms with E-state index in [1.54, 1.807) is 38.8 Å². The van der Waals surface area contributed by atoms with E-state index >= 15 is 0 Å². The Morgan fingerprint density at radius 2 is 0.816 bits per heavy atom. The van der Waals surface area contributed by atoms with E-state index < -0.39 is 62.3 Å². The van der Waals surface area contributed by atoms with Gasteiger partial charge in [0.15, 0.2) is 48.8 Å². The van der Waals surface area contributed by atoms with Gasteiger partial charge in [0.2, 0.25) is 17.8 Å². The number of thioether (sulfide) groups is 3. The number of hydrogen-bond donors (Lipinski definition) is 6. The molecule has 33 nitrogen and oxygen atoms in total. The SMILES string of the molecule is CC(=O)SCCOP(=O)(COCCn1cnc2c(=O)[nH]c(N)nc21)OCc1cccc(F)c1.CC(C)(C)C(=O)SCCOP(=O)(COCCn1cnc2c(=O)[nH]c(N)nc21)OCc1cccc(F)c1.CCC(=O)SCCOP(=O)(COCCn1cnc2c(=O)[nH]c(N)nc21)OCc1cccc(F)c1. The number of rotatable bonds is 37. The van der Waals surface area contributed by atoms with Crippen molar-refractivity contribution in [3.8, 4) is 0 Å². The van der Waals surface area contributed by atoms with Gasteiger partial charge in [-0.3, -0.25) is 57.4 Å². The first-order valence-corrected chi connectivity index (χ1v) is 39.3. The number of nitrogens with one attached hydrogen (secondary N) is 3. The molecule has 0 amide bonds. The lowest BCUT2D eigenvalue weighted by Crippen LogP contribution is -2.17. The summed E-state index contributed by atoms with van der Waals surface area (Å²) >= 11 is 3.19. The summed E-state index contributed by atoms with van der Waals surface area (Å²) in [4.78, 5) is 102. The van der Waals surface area contributed by atoms with Gasteiger partial charge in [0.1, 0.15) is 36.5 Å². The second kappa shape index (κ2) is 40.0. The maximum Gasteiger partial charge on any atom is 0.356 e. The van der Waals surface area contributed by atoms with Gasteiger partial charge in [0, 0.05) is 55.7 Å². The third kappa shape index (κ3) is 27.4. The number of halogens is 3. The fourth-order valence-electron chi connectivity index (χ4n) is 8.48. The highest BCUT2D eigenvalue weighted by Crippen LogP contribution is 2.51. The first kappa shape index (κ1) is 82.6. The van der Waals surface area contributed by atoms with Crippen molar-refractivity contribution in [3.05, 3.63) is 157 Å². The van der Waals surface area contributed by atoms with Crippen molar-refractivity contribution < 1.29 is 82.6 Å². The highest BCUT2D eigenvalue weighted by molar-refractivity contribution is 8.14. The highest BCUT2D eigenvalue weighted by atomic mass is 32.2. The zero-order valence-electron chi connectivity index (χ0n) is 56.4. The molecule has 3 unspecified atom stereocenters. The van der Waals surface area contributed by atoms with Crippen LogP contribution in [-0.4, -0.2) is 150 Å². The molecular formula is C61H77F3N15O18P3S3. The molecule has 3 aromatic carbocycles. The lowest BCUT2D eigenvalue weighted by molar-refractivity contribution is -0.117. The van der Waals surface area contributed by atoms with E-state index in [2.05, 4.69) is 44.9 Å². The van der Waals surface area contributed by atoms with E-state index in [9.17, 15) is 55.6 Å². The fraction of sp³-hybridized carbons (Fsp3) is 0.410. The van der Waals surface area contributed by atoms with E-state index in [1.807, 2.05) is 20.8 Å². The Bertz CT molecular complexity index is 4680. The average Bonchev–Trinajstić information content (AvgIpc) is 1.68. The van der Waals surface area contributed by atoms with Crippen LogP contribution >= 0.6 is 58.1 Å². The maximum atomic E-state index is 13.5. The van der Waals surface area contributed by atoms with E-state index in [0.717, 1.165) is 35.3 Å². The minimum Gasteiger partial charge on any atom is -0.369 e. The molecule has 6 heterocycles. The Hall–Kier alpha value is -7.71. The Labute approximate surface area is 598 Å². The maximum absolute atomic E-state index is 13.5. The molecule has 9 rings (SSSR count). The number of imidazole rings is 3. The number of fused-ring (bicyclic) bond motifs is 3. The number of nitrogen functional groups attached to an aromatic ring is 3. The average molecular weight is 1550 g/mol. The van der Waals surface area contributed by atoms with Crippen molar-refractivity contribution in [3.63, 3.8) is 0 Å². The number of H-pyrrole nitrogens is 3. The van der Waals surface area contributed by atoms with Crippen LogP contribution in [0, 0.1) is 22.9 Å². The van der Waals surface area contributed by atoms with Crippen LogP contribution in [0.15, 0.2) is 106 Å². The van der Waals surface area contributed by atoms with Crippen LogP contribution in [0.5, 0.6) is 0 Å². The van der Waals surface area contributed by atoms with Gasteiger partial charge < -0.3 is 72.3 Å². The Morgan fingerprint density at radius 1 is 0.495 bits per heavy atom. The van der Waals surface area contributed by atoms with Crippen molar-refractivity contribution in [2.24, 2.45) is 5.41 Å². The molecule has 0 aliphatic heterocycles. The molecule has 9 N–H and O–H groups in total. The molecule has 0 radical (unpaired) electrons. The third-order valence-corrected chi connectivity index (χ3v) is 21.2. The van der Waals surface area contributed by atoms with Gasteiger partial charge in [0.25, 0.3) is 16.7 Å². The van der Waals surface area contributed by atoms with Gasteiger partial charge in [-0.1, -0.05) is 99.4 Å². The summed E-state index contributed by atoms with van der Waals surface area (Å²) in [6.07, 6.45) is 3.56. The fourth-order valence-corrected chi connectivity index (χ4v) is 14.6. The second-order valence-corrected chi connectivity index (χ2v) is 32.1. The predicted molar refractivity (Wildman–Crippen MR) is 382 cm³/mol. The predicted octanol–water partition coefficient (Wildman–Crippen LogP) is 8.98. The number of ether oxygens (including phenoxy) is 3. The van der Waals surface area contributed by atoms with Crippen LogP contribution < -0.4 is 33.9 Å². The first-order valence-electron chi connectivity index (χ1n) is 31.2. The molecule has 0 saturated heterocycles. The van der Waals surface area contributed by atoms with Crippen molar-refractivity contribution in [2.45, 2.75) is 80.5 Å². The number of carbonyl (C=O) groups is 3. The molecule has 558 valence electrons. The van der Waals surface area contributed by atoms with Crippen molar-refractivity contribution in [1.82, 2.24) is 58.6 Å². The summed E-state index contributed by atoms with van der Waals surface area (Å²) < 4.78 is 134. The molecular weight excluding hydrogens is 1480 g/mol. The van der Waals surface area contributed by atoms with Crippen LogP contribution in [-0.2, 0) is 109 Å². The topological polar surface area (TPSA) is 454 Å². The van der Waals surface area contributed by atoms with E-state index in [4.69, 9.17) is 58.6 Å². The summed E-state index contributed by atoms with van der Waals surface area (Å²) in [5.74, 6) is -0.558. The molecule has 0 fully saturated rings. The quantitative estimate of drug-likeness (QED) is 0.0156. The van der Waals surface area contributed by atoms with Crippen LogP contribution in [0.2, 0.25) is 0 Å². The minimum atomic E-state index is -3.76. The van der Waals surface area contributed by atoms with Gasteiger partial charge in [-0.05, 0) is 53.1 Å². The Balaban J connectivity index is 0.000000216. The highest BCUT2D eigenvalue weighted by Gasteiger charge is 2.30. The standard InChI is InChI=1S/C22H29FN5O6PS.C20H25FN5O6PS.C19H23FN5O6PS/c1-22(2,3)20(30)36-10-9-33-35(31,34-12-15-5-4-6-16(23)11-15)14-32-8-7-28-13-25-17-18(28)26-21(24)27-19(17)29;1-2-16(27)34-9-8-31-33(29,32-11-14-4-3-5-15(21)10-14)13-30-7-6-26-12-23-17-18(26)24-20(22)25-19(17)28;1-13(26)33-8-7-30-32(28,31-10-14-3-2-4-15(20)9-14)12-29-6-5-25-11-22-16-17(25)23-19(21)24-18(16)27/h4-6,11,13H,7-10,12,14H2,1-3H3,(H3,24,26,27,29);3-5,10,12H,2,6-9,11,13H2,1H3,(H3,22,24,25,28);2-4,9,11H,5-8,10,12H2,1H3,(H3,21,23,24,27). The summed E-state index contributed by atoms with van der Waals surface area (Å²) in [5.41, 5.74) is 17.6. The van der Waals surface area contributed by atoms with Gasteiger partial charge >= 0.3 is 22.8 Å². The molecule has 42 heteroatoms. The summed E-state index contributed by atoms with van der Waals surface area (Å²) in [5, 5.41) is -0.111. The van der Waals surface area contributed by atoms with E-state index in [-0.39, 0.29) is 154 Å². The normalized spacial score (nSPS) is 13.4. The minimum absolute atomic E-state index is 0.00370. The summed E-state index contributed by atoms with van der Waals surface area (Å²) in [6.45, 7) is 9.17. The number of nitrogens with zero attached hydrogens (tertiary/aromatic N) is 9. The van der Waals surface area contributed by atoms with Crippen molar-refractivity contribution in [1.29, 1.82) is 0 Å². The van der Waals surface area contributed by atoms with Crippen molar-refractivity contribution >= 4 is 125 Å². The van der Waals surface area contributed by atoms with E-state index in [1.165, 1.54) is 80.5 Å². The summed E-state index contributed by atoms with van der Waals surface area (Å²) in [6, 6.07) is 17.1. The van der Waals surface area contributed by atoms with Crippen LogP contribution in [0.1, 0.15) is 57.7 Å².